The molecule has 0 fully saturated rings. The molecule has 2 rings (SSSR count). The van der Waals surface area contributed by atoms with Gasteiger partial charge in [0.2, 0.25) is 0 Å². The van der Waals surface area contributed by atoms with Crippen LogP contribution in [0.1, 0.15) is 18.1 Å². The molecule has 0 saturated carbocycles. The number of anilines is 1. The van der Waals surface area contributed by atoms with E-state index in [0.29, 0.717) is 6.04 Å². The predicted octanol–water partition coefficient (Wildman–Crippen LogP) is 2.59. The Kier molecular flexibility index (Phi) is 3.17. The largest absolute Gasteiger partial charge is 0.395 e. The van der Waals surface area contributed by atoms with Gasteiger partial charge in [-0.2, -0.15) is 0 Å². The molecule has 16 heavy (non-hydrogen) atoms. The van der Waals surface area contributed by atoms with Crippen LogP contribution in [-0.4, -0.2) is 30.1 Å². The van der Waals surface area contributed by atoms with E-state index < -0.39 is 0 Å². The fraction of sp³-hybridized carbons (Fsp3) is 0.538. The molecule has 0 saturated heterocycles. The van der Waals surface area contributed by atoms with Crippen LogP contribution in [0.15, 0.2) is 17.0 Å². The Bertz CT molecular complexity index is 405. The van der Waals surface area contributed by atoms with E-state index in [1.807, 2.05) is 0 Å². The van der Waals surface area contributed by atoms with Gasteiger partial charge >= 0.3 is 0 Å². The van der Waals surface area contributed by atoms with Gasteiger partial charge in [-0.15, -0.1) is 11.8 Å². The standard InChI is InChI=1S/C13H19NOS/c1-8-5-11-12(6-9(8)2)16-13(7-15)10(3)14(11)4/h5-6,10,13,15H,7H2,1-4H3. The second-order valence-corrected chi connectivity index (χ2v) is 5.88. The molecule has 88 valence electrons. The summed E-state index contributed by atoms with van der Waals surface area (Å²) in [6.07, 6.45) is 0. The third kappa shape index (κ3) is 1.82. The highest BCUT2D eigenvalue weighted by molar-refractivity contribution is 8.00. The lowest BCUT2D eigenvalue weighted by atomic mass is 10.1. The van der Waals surface area contributed by atoms with Gasteiger partial charge in [0.25, 0.3) is 0 Å². The lowest BCUT2D eigenvalue weighted by Crippen LogP contribution is -2.42. The van der Waals surface area contributed by atoms with Gasteiger partial charge in [-0.25, -0.2) is 0 Å². The molecule has 0 radical (unpaired) electrons. The van der Waals surface area contributed by atoms with Crippen molar-refractivity contribution in [3.05, 3.63) is 23.3 Å². The average molecular weight is 237 g/mol. The molecule has 1 aromatic rings. The Balaban J connectivity index is 2.46. The summed E-state index contributed by atoms with van der Waals surface area (Å²) in [6.45, 7) is 6.70. The molecule has 1 aliphatic rings. The smallest absolute Gasteiger partial charge is 0.0573 e. The van der Waals surface area contributed by atoms with Crippen molar-refractivity contribution >= 4 is 17.4 Å². The first-order valence-corrected chi connectivity index (χ1v) is 6.54. The van der Waals surface area contributed by atoms with Crippen LogP contribution in [-0.2, 0) is 0 Å². The molecule has 0 bridgehead atoms. The fourth-order valence-corrected chi connectivity index (χ4v) is 3.41. The summed E-state index contributed by atoms with van der Waals surface area (Å²) in [5, 5.41) is 9.66. The summed E-state index contributed by atoms with van der Waals surface area (Å²) in [5.74, 6) is 0. The Morgan fingerprint density at radius 2 is 1.94 bits per heavy atom. The number of thioether (sulfide) groups is 1. The normalized spacial score (nSPS) is 24.4. The van der Waals surface area contributed by atoms with Crippen LogP contribution < -0.4 is 4.90 Å². The third-order valence-corrected chi connectivity index (χ3v) is 4.99. The summed E-state index contributed by atoms with van der Waals surface area (Å²) >= 11 is 1.80. The summed E-state index contributed by atoms with van der Waals surface area (Å²) in [4.78, 5) is 3.57. The van der Waals surface area contributed by atoms with E-state index in [2.05, 4.69) is 44.9 Å². The molecule has 2 atom stereocenters. The van der Waals surface area contributed by atoms with Gasteiger partial charge < -0.3 is 10.0 Å². The Morgan fingerprint density at radius 1 is 1.31 bits per heavy atom. The zero-order valence-corrected chi connectivity index (χ0v) is 11.1. The maximum Gasteiger partial charge on any atom is 0.0573 e. The van der Waals surface area contributed by atoms with E-state index in [1.165, 1.54) is 21.7 Å². The number of rotatable bonds is 1. The summed E-state index contributed by atoms with van der Waals surface area (Å²) in [5.41, 5.74) is 3.96. The van der Waals surface area contributed by atoms with E-state index in [1.54, 1.807) is 11.8 Å². The van der Waals surface area contributed by atoms with Gasteiger partial charge in [0.1, 0.15) is 0 Å². The molecule has 1 aliphatic heterocycles. The van der Waals surface area contributed by atoms with Crippen LogP contribution >= 0.6 is 11.8 Å². The number of fused-ring (bicyclic) bond motifs is 1. The van der Waals surface area contributed by atoms with Crippen LogP contribution in [0.25, 0.3) is 0 Å². The minimum atomic E-state index is 0.239. The van der Waals surface area contributed by atoms with Crippen molar-refractivity contribution < 1.29 is 5.11 Å². The first-order chi connectivity index (χ1) is 7.54. The average Bonchev–Trinajstić information content (AvgIpc) is 2.26. The summed E-state index contributed by atoms with van der Waals surface area (Å²) < 4.78 is 0. The first kappa shape index (κ1) is 11.8. The first-order valence-electron chi connectivity index (χ1n) is 5.66. The Morgan fingerprint density at radius 3 is 2.56 bits per heavy atom. The lowest BCUT2D eigenvalue weighted by Gasteiger charge is -2.39. The van der Waals surface area contributed by atoms with E-state index in [4.69, 9.17) is 0 Å². The van der Waals surface area contributed by atoms with Crippen molar-refractivity contribution in [2.45, 2.75) is 37.0 Å². The Hall–Kier alpha value is -0.670. The molecule has 0 aliphatic carbocycles. The van der Waals surface area contributed by atoms with Crippen LogP contribution in [0.3, 0.4) is 0 Å². The molecular weight excluding hydrogens is 218 g/mol. The van der Waals surface area contributed by atoms with Gasteiger partial charge in [-0.3, -0.25) is 0 Å². The van der Waals surface area contributed by atoms with Crippen molar-refractivity contribution in [1.82, 2.24) is 0 Å². The van der Waals surface area contributed by atoms with Gasteiger partial charge in [-0.05, 0) is 44.0 Å². The number of benzene rings is 1. The molecule has 0 spiro atoms. The summed E-state index contributed by atoms with van der Waals surface area (Å²) in [7, 11) is 2.11. The molecule has 3 heteroatoms. The Labute approximate surface area is 102 Å². The maximum atomic E-state index is 9.38. The molecule has 2 unspecified atom stereocenters. The highest BCUT2D eigenvalue weighted by Crippen LogP contribution is 2.41. The quantitative estimate of drug-likeness (QED) is 0.812. The minimum Gasteiger partial charge on any atom is -0.395 e. The van der Waals surface area contributed by atoms with Gasteiger partial charge in [-0.1, -0.05) is 0 Å². The predicted molar refractivity (Wildman–Crippen MR) is 70.5 cm³/mol. The number of hydrogen-bond donors (Lipinski definition) is 1. The fourth-order valence-electron chi connectivity index (χ4n) is 2.06. The molecule has 2 nitrogen and oxygen atoms in total. The molecule has 0 aromatic heterocycles. The van der Waals surface area contributed by atoms with Gasteiger partial charge in [0, 0.05) is 18.0 Å². The molecule has 0 amide bonds. The van der Waals surface area contributed by atoms with Crippen molar-refractivity contribution in [3.63, 3.8) is 0 Å². The minimum absolute atomic E-state index is 0.239. The molecule has 1 aromatic carbocycles. The van der Waals surface area contributed by atoms with E-state index in [-0.39, 0.29) is 11.9 Å². The number of aliphatic hydroxyl groups excluding tert-OH is 1. The molecule has 1 heterocycles. The van der Waals surface area contributed by atoms with Gasteiger partial charge in [0.15, 0.2) is 0 Å². The second-order valence-electron chi connectivity index (χ2n) is 4.59. The highest BCUT2D eigenvalue weighted by Gasteiger charge is 2.29. The van der Waals surface area contributed by atoms with Crippen molar-refractivity contribution in [3.8, 4) is 0 Å². The van der Waals surface area contributed by atoms with Crippen molar-refractivity contribution in [2.75, 3.05) is 18.6 Å². The maximum absolute atomic E-state index is 9.38. The van der Waals surface area contributed by atoms with Crippen molar-refractivity contribution in [2.24, 2.45) is 0 Å². The summed E-state index contributed by atoms with van der Waals surface area (Å²) in [6, 6.07) is 4.87. The van der Waals surface area contributed by atoms with Crippen LogP contribution in [0.5, 0.6) is 0 Å². The second kappa shape index (κ2) is 4.30. The monoisotopic (exact) mass is 237 g/mol. The number of hydrogen-bond acceptors (Lipinski definition) is 3. The van der Waals surface area contributed by atoms with Crippen LogP contribution in [0, 0.1) is 13.8 Å². The number of aryl methyl sites for hydroxylation is 2. The molecular formula is C13H19NOS. The van der Waals surface area contributed by atoms with Crippen molar-refractivity contribution in [1.29, 1.82) is 0 Å². The third-order valence-electron chi connectivity index (χ3n) is 3.56. The van der Waals surface area contributed by atoms with Crippen LogP contribution in [0.4, 0.5) is 5.69 Å². The zero-order valence-electron chi connectivity index (χ0n) is 10.3. The van der Waals surface area contributed by atoms with Gasteiger partial charge in [0.05, 0.1) is 17.5 Å². The number of nitrogens with zero attached hydrogens (tertiary/aromatic N) is 1. The zero-order chi connectivity index (χ0) is 11.9. The van der Waals surface area contributed by atoms with E-state index in [9.17, 15) is 5.11 Å². The SMILES string of the molecule is Cc1cc2c(cc1C)N(C)C(C)C(CO)S2. The van der Waals surface area contributed by atoms with E-state index in [0.717, 1.165) is 0 Å². The highest BCUT2D eigenvalue weighted by atomic mass is 32.2. The van der Waals surface area contributed by atoms with E-state index >= 15 is 0 Å². The molecule has 1 N–H and O–H groups in total. The lowest BCUT2D eigenvalue weighted by molar-refractivity contribution is 0.282. The topological polar surface area (TPSA) is 23.5 Å². The van der Waals surface area contributed by atoms with Crippen LogP contribution in [0.2, 0.25) is 0 Å². The number of aliphatic hydroxyl groups is 1.